The van der Waals surface area contributed by atoms with Gasteiger partial charge in [0.1, 0.15) is 0 Å². The SMILES string of the molecule is C[B]SOc1ccc(/C=C/CO)cc1OS[B]C. The number of rotatable bonds is 8. The van der Waals surface area contributed by atoms with Crippen LogP contribution in [0, 0.1) is 0 Å². The summed E-state index contributed by atoms with van der Waals surface area (Å²) in [6, 6.07) is 5.62. The summed E-state index contributed by atoms with van der Waals surface area (Å²) in [7, 11) is 0. The molecule has 3 nitrogen and oxygen atoms in total. The van der Waals surface area contributed by atoms with Crippen molar-refractivity contribution in [2.75, 3.05) is 6.61 Å². The van der Waals surface area contributed by atoms with E-state index in [4.69, 9.17) is 13.5 Å². The van der Waals surface area contributed by atoms with E-state index in [2.05, 4.69) is 0 Å². The van der Waals surface area contributed by atoms with Gasteiger partial charge in [0.2, 0.25) is 13.1 Å². The van der Waals surface area contributed by atoms with E-state index in [1.807, 2.05) is 51.0 Å². The van der Waals surface area contributed by atoms with E-state index >= 15 is 0 Å². The maximum Gasteiger partial charge on any atom is 0.245 e. The second kappa shape index (κ2) is 9.30. The van der Waals surface area contributed by atoms with E-state index < -0.39 is 0 Å². The molecule has 0 aliphatic rings. The molecule has 0 fully saturated rings. The van der Waals surface area contributed by atoms with Gasteiger partial charge >= 0.3 is 0 Å². The van der Waals surface area contributed by atoms with Crippen molar-refractivity contribution in [3.8, 4) is 11.5 Å². The monoisotopic (exact) mass is 280 g/mol. The topological polar surface area (TPSA) is 38.7 Å². The van der Waals surface area contributed by atoms with Gasteiger partial charge in [-0.3, -0.25) is 0 Å². The van der Waals surface area contributed by atoms with Crippen molar-refractivity contribution in [2.45, 2.75) is 13.6 Å². The molecule has 0 amide bonds. The number of aliphatic hydroxyl groups is 1. The third kappa shape index (κ3) is 5.33. The van der Waals surface area contributed by atoms with Crippen LogP contribution in [0.3, 0.4) is 0 Å². The molecule has 0 unspecified atom stereocenters. The van der Waals surface area contributed by atoms with Gasteiger partial charge in [-0.2, -0.15) is 0 Å². The first-order valence-electron chi connectivity index (χ1n) is 5.45. The lowest BCUT2D eigenvalue weighted by molar-refractivity contribution is 0.343. The van der Waals surface area contributed by atoms with Gasteiger partial charge in [-0.05, 0) is 41.5 Å². The Labute approximate surface area is 118 Å². The van der Waals surface area contributed by atoms with E-state index in [1.54, 1.807) is 6.08 Å². The molecule has 2 radical (unpaired) electrons. The summed E-state index contributed by atoms with van der Waals surface area (Å²) in [6.07, 6.45) is 3.50. The third-order valence-corrected chi connectivity index (χ3v) is 2.79. The molecule has 1 N–H and O–H groups in total. The maximum atomic E-state index is 8.75. The molecule has 1 aromatic carbocycles. The summed E-state index contributed by atoms with van der Waals surface area (Å²) in [6.45, 7) is 7.52. The summed E-state index contributed by atoms with van der Waals surface area (Å²) in [5.74, 6) is 1.33. The lowest BCUT2D eigenvalue weighted by atomic mass is 10.2. The molecule has 7 heteroatoms. The van der Waals surface area contributed by atoms with E-state index in [9.17, 15) is 0 Å². The number of hydrogen-bond acceptors (Lipinski definition) is 5. The molecule has 1 rings (SSSR count). The first kappa shape index (κ1) is 15.4. The Balaban J connectivity index is 2.84. The minimum Gasteiger partial charge on any atom is -0.435 e. The zero-order valence-electron chi connectivity index (χ0n) is 10.3. The minimum absolute atomic E-state index is 0.0204. The molecule has 0 aliphatic carbocycles. The molecular weight excluding hydrogens is 266 g/mol. The van der Waals surface area contributed by atoms with Crippen LogP contribution in [0.15, 0.2) is 24.3 Å². The van der Waals surface area contributed by atoms with Gasteiger partial charge in [0.15, 0.2) is 11.5 Å². The molecule has 0 atom stereocenters. The van der Waals surface area contributed by atoms with Gasteiger partial charge in [0, 0.05) is 0 Å². The molecule has 0 aliphatic heterocycles. The summed E-state index contributed by atoms with van der Waals surface area (Å²) < 4.78 is 11.0. The molecule has 0 saturated heterocycles. The van der Waals surface area contributed by atoms with Gasteiger partial charge in [0.05, 0.1) is 6.61 Å². The molecule has 18 heavy (non-hydrogen) atoms. The van der Waals surface area contributed by atoms with Crippen LogP contribution in [0.5, 0.6) is 11.5 Å². The van der Waals surface area contributed by atoms with Crippen molar-refractivity contribution in [3.63, 3.8) is 0 Å². The Hall–Kier alpha value is -0.650. The van der Waals surface area contributed by atoms with E-state index in [0.29, 0.717) is 11.5 Å². The van der Waals surface area contributed by atoms with Crippen molar-refractivity contribution < 1.29 is 13.5 Å². The van der Waals surface area contributed by atoms with Crippen LogP contribution in [0.1, 0.15) is 5.56 Å². The molecular formula is C11H14B2O3S2. The second-order valence-corrected chi connectivity index (χ2v) is 4.78. The highest BCUT2D eigenvalue weighted by molar-refractivity contribution is 8.19. The molecule has 0 aromatic heterocycles. The Kier molecular flexibility index (Phi) is 7.96. The fourth-order valence-electron chi connectivity index (χ4n) is 1.15. The normalized spacial score (nSPS) is 10.4. The molecule has 0 saturated carbocycles. The zero-order valence-corrected chi connectivity index (χ0v) is 12.0. The smallest absolute Gasteiger partial charge is 0.245 e. The quantitative estimate of drug-likeness (QED) is 0.585. The van der Waals surface area contributed by atoms with Crippen LogP contribution in [-0.2, 0) is 0 Å². The fraction of sp³-hybridized carbons (Fsp3) is 0.273. The molecule has 0 spiro atoms. The van der Waals surface area contributed by atoms with Gasteiger partial charge in [0.25, 0.3) is 0 Å². The van der Waals surface area contributed by atoms with E-state index in [0.717, 1.165) is 5.56 Å². The summed E-state index contributed by atoms with van der Waals surface area (Å²) in [4.78, 5) is 0. The highest BCUT2D eigenvalue weighted by atomic mass is 32.2. The standard InChI is InChI=1S/C11H14B2O3S2/c1-12-17-15-10-6-5-9(4-3-7-14)8-11(10)16-18-13-2/h3-6,8,14H,7H2,1-2H3/b4-3+. The Morgan fingerprint density at radius 3 is 2.44 bits per heavy atom. The third-order valence-electron chi connectivity index (χ3n) is 1.85. The van der Waals surface area contributed by atoms with Crippen molar-refractivity contribution in [1.29, 1.82) is 0 Å². The average Bonchev–Trinajstić information content (AvgIpc) is 2.41. The van der Waals surface area contributed by atoms with Gasteiger partial charge < -0.3 is 13.5 Å². The summed E-state index contributed by atoms with van der Waals surface area (Å²) in [5.41, 5.74) is 0.952. The Bertz CT molecular complexity index is 389. The molecule has 0 heterocycles. The average molecular weight is 280 g/mol. The van der Waals surface area contributed by atoms with Crippen molar-refractivity contribution in [3.05, 3.63) is 29.8 Å². The number of benzene rings is 1. The van der Waals surface area contributed by atoms with Crippen molar-refractivity contribution in [1.82, 2.24) is 0 Å². The lowest BCUT2D eigenvalue weighted by Crippen LogP contribution is -1.91. The largest absolute Gasteiger partial charge is 0.435 e. The maximum absolute atomic E-state index is 8.75. The van der Waals surface area contributed by atoms with Crippen molar-refractivity contribution in [2.24, 2.45) is 0 Å². The van der Waals surface area contributed by atoms with Crippen molar-refractivity contribution >= 4 is 43.0 Å². The minimum atomic E-state index is 0.0204. The molecule has 0 bridgehead atoms. The van der Waals surface area contributed by atoms with Gasteiger partial charge in [-0.25, -0.2) is 0 Å². The van der Waals surface area contributed by atoms with Crippen LogP contribution in [0.25, 0.3) is 6.08 Å². The van der Waals surface area contributed by atoms with Crippen LogP contribution < -0.4 is 8.37 Å². The summed E-state index contributed by atoms with van der Waals surface area (Å²) in [5, 5.41) is 8.75. The number of hydrogen-bond donors (Lipinski definition) is 1. The molecule has 94 valence electrons. The van der Waals surface area contributed by atoms with E-state index in [1.165, 1.54) is 23.8 Å². The first-order chi connectivity index (χ1) is 8.81. The van der Waals surface area contributed by atoms with Gasteiger partial charge in [-0.1, -0.05) is 31.9 Å². The highest BCUT2D eigenvalue weighted by Crippen LogP contribution is 2.33. The van der Waals surface area contributed by atoms with E-state index in [-0.39, 0.29) is 6.61 Å². The second-order valence-electron chi connectivity index (χ2n) is 3.12. The van der Waals surface area contributed by atoms with Gasteiger partial charge in [-0.15, -0.1) is 0 Å². The van der Waals surface area contributed by atoms with Crippen LogP contribution in [0.4, 0.5) is 0 Å². The first-order valence-corrected chi connectivity index (χ1v) is 7.06. The van der Waals surface area contributed by atoms with Crippen LogP contribution in [0.2, 0.25) is 13.6 Å². The highest BCUT2D eigenvalue weighted by Gasteiger charge is 2.07. The predicted octanol–water partition coefficient (Wildman–Crippen LogP) is 3.08. The predicted molar refractivity (Wildman–Crippen MR) is 82.2 cm³/mol. The molecule has 1 aromatic rings. The fourth-order valence-corrected chi connectivity index (χ4v) is 1.82. The Morgan fingerprint density at radius 2 is 1.83 bits per heavy atom. The van der Waals surface area contributed by atoms with Crippen LogP contribution in [-0.4, -0.2) is 24.8 Å². The lowest BCUT2D eigenvalue weighted by Gasteiger charge is -2.10. The number of aliphatic hydroxyl groups excluding tert-OH is 1. The summed E-state index contributed by atoms with van der Waals surface area (Å²) >= 11 is 2.49. The Morgan fingerprint density at radius 1 is 1.17 bits per heavy atom. The zero-order chi connectivity index (χ0) is 13.2. The van der Waals surface area contributed by atoms with Crippen LogP contribution >= 0.6 is 23.8 Å².